The van der Waals surface area contributed by atoms with E-state index in [0.29, 0.717) is 24.6 Å². The highest BCUT2D eigenvalue weighted by molar-refractivity contribution is 7.93. The van der Waals surface area contributed by atoms with Crippen LogP contribution in [0.2, 0.25) is 0 Å². The van der Waals surface area contributed by atoms with Gasteiger partial charge in [-0.25, -0.2) is 17.8 Å². The summed E-state index contributed by atoms with van der Waals surface area (Å²) in [4.78, 5) is 18.6. The van der Waals surface area contributed by atoms with Gasteiger partial charge in [0.25, 0.3) is 10.0 Å². The van der Waals surface area contributed by atoms with Crippen molar-refractivity contribution >= 4 is 43.8 Å². The van der Waals surface area contributed by atoms with Gasteiger partial charge in [-0.3, -0.25) is 9.52 Å². The van der Waals surface area contributed by atoms with E-state index in [0.717, 1.165) is 5.69 Å². The number of nitrogens with zero attached hydrogens (tertiary/aromatic N) is 2. The first-order valence-corrected chi connectivity index (χ1v) is 11.6. The van der Waals surface area contributed by atoms with Gasteiger partial charge in [0, 0.05) is 31.8 Å². The topological polar surface area (TPSA) is 91.4 Å². The summed E-state index contributed by atoms with van der Waals surface area (Å²) in [6, 6.07) is 12.5. The van der Waals surface area contributed by atoms with E-state index < -0.39 is 15.8 Å². The molecule has 4 rings (SSSR count). The van der Waals surface area contributed by atoms with Crippen LogP contribution in [0.1, 0.15) is 7.85 Å². The molecule has 1 saturated heterocycles. The first-order chi connectivity index (χ1) is 14.4. The Hall–Kier alpha value is -2.98. The van der Waals surface area contributed by atoms with E-state index in [2.05, 4.69) is 15.0 Å². The lowest BCUT2D eigenvalue weighted by Gasteiger charge is -2.19. The molecule has 7 nitrogen and oxygen atoms in total. The predicted molar refractivity (Wildman–Crippen MR) is 117 cm³/mol. The van der Waals surface area contributed by atoms with Crippen LogP contribution in [-0.2, 0) is 14.8 Å². The number of halogens is 1. The molecule has 0 saturated carbocycles. The summed E-state index contributed by atoms with van der Waals surface area (Å²) < 4.78 is 41.1. The van der Waals surface area contributed by atoms with Gasteiger partial charge < -0.3 is 10.2 Å². The summed E-state index contributed by atoms with van der Waals surface area (Å²) in [6.45, 7) is 1.13. The monoisotopic (exact) mass is 448 g/mol. The molecule has 2 aromatic carbocycles. The Morgan fingerprint density at radius 2 is 1.97 bits per heavy atom. The largest absolute Gasteiger partial charge is 0.371 e. The third-order valence-corrected chi connectivity index (χ3v) is 7.03. The smallest absolute Gasteiger partial charge is 0.263 e. The van der Waals surface area contributed by atoms with E-state index in [1.807, 2.05) is 4.90 Å². The van der Waals surface area contributed by atoms with Crippen molar-refractivity contribution in [3.8, 4) is 0 Å². The van der Waals surface area contributed by atoms with Gasteiger partial charge in [0.1, 0.15) is 5.82 Å². The Kier molecular flexibility index (Phi) is 5.69. The predicted octanol–water partition coefficient (Wildman–Crippen LogP) is 3.79. The molecule has 3 aromatic rings. The maximum atomic E-state index is 13.7. The van der Waals surface area contributed by atoms with Gasteiger partial charge in [0.2, 0.25) is 5.91 Å². The second kappa shape index (κ2) is 8.41. The Balaban J connectivity index is 0.00000272. The molecular formula is C20H21FN4O3S2. The van der Waals surface area contributed by atoms with Crippen molar-refractivity contribution in [3.05, 3.63) is 65.9 Å². The molecule has 1 unspecified atom stereocenters. The molecule has 1 aromatic heterocycles. The van der Waals surface area contributed by atoms with E-state index >= 15 is 0 Å². The first kappa shape index (κ1) is 20.3. The molecule has 10 heteroatoms. The van der Waals surface area contributed by atoms with E-state index in [1.54, 1.807) is 29.6 Å². The van der Waals surface area contributed by atoms with Crippen molar-refractivity contribution in [1.82, 2.24) is 4.98 Å². The lowest BCUT2D eigenvalue weighted by atomic mass is 10.1. The van der Waals surface area contributed by atoms with Gasteiger partial charge in [-0.05, 0) is 42.8 Å². The zero-order chi connectivity index (χ0) is 21.1. The number of benzene rings is 2. The number of carbonyl (C=O) groups excluding carboxylic acids is 1. The van der Waals surface area contributed by atoms with Crippen LogP contribution in [-0.4, -0.2) is 32.4 Å². The molecule has 0 bridgehead atoms. The Bertz CT molecular complexity index is 1140. The Labute approximate surface area is 179 Å². The number of carbonyl (C=O) groups is 1. The van der Waals surface area contributed by atoms with Crippen LogP contribution < -0.4 is 14.9 Å². The lowest BCUT2D eigenvalue weighted by molar-refractivity contribution is -0.119. The summed E-state index contributed by atoms with van der Waals surface area (Å²) in [5.41, 5.74) is 0.993. The number of anilines is 3. The van der Waals surface area contributed by atoms with Crippen molar-refractivity contribution in [2.45, 2.75) is 11.3 Å². The number of hydrogen-bond acceptors (Lipinski definition) is 6. The van der Waals surface area contributed by atoms with Crippen LogP contribution in [0.15, 0.2) is 65.0 Å². The number of hydrogen-bond donors (Lipinski definition) is 2. The van der Waals surface area contributed by atoms with E-state index in [-0.39, 0.29) is 23.8 Å². The van der Waals surface area contributed by atoms with Crippen molar-refractivity contribution in [2.24, 2.45) is 5.92 Å². The number of amides is 1. The third kappa shape index (κ3) is 4.44. The quantitative estimate of drug-likeness (QED) is 0.599. The normalized spacial score (nSPS) is 16.4. The van der Waals surface area contributed by atoms with Gasteiger partial charge in [-0.1, -0.05) is 12.1 Å². The molecule has 2 heterocycles. The molecule has 1 amide bonds. The van der Waals surface area contributed by atoms with Crippen molar-refractivity contribution in [3.63, 3.8) is 0 Å². The Morgan fingerprint density at radius 3 is 2.67 bits per heavy atom. The van der Waals surface area contributed by atoms with Crippen LogP contribution in [0.3, 0.4) is 0 Å². The molecule has 0 spiro atoms. The third-order valence-electron chi connectivity index (χ3n) is 4.86. The summed E-state index contributed by atoms with van der Waals surface area (Å²) in [7, 11) is -3.71. The maximum Gasteiger partial charge on any atom is 0.263 e. The summed E-state index contributed by atoms with van der Waals surface area (Å²) in [5, 5.41) is 4.64. The highest BCUT2D eigenvalue weighted by Crippen LogP contribution is 2.27. The number of para-hydroxylation sites is 1. The van der Waals surface area contributed by atoms with Crippen LogP contribution in [0, 0.1) is 11.7 Å². The van der Waals surface area contributed by atoms with E-state index in [9.17, 15) is 17.6 Å². The molecule has 0 radical (unpaired) electrons. The standard InChI is InChI=1S/C20H19FN4O3S2.H2/c21-17-3-1-2-4-18(17)23-19(26)14-9-11-25(13-14)15-5-7-16(8-6-15)30(27,28)24-20-22-10-12-29-20;/h1-8,10,12,14H,9,11,13H2,(H,22,24)(H,23,26);1H. The average molecular weight is 449 g/mol. The summed E-state index contributed by atoms with van der Waals surface area (Å²) in [6.07, 6.45) is 2.16. The fraction of sp³-hybridized carbons (Fsp3) is 0.200. The van der Waals surface area contributed by atoms with Gasteiger partial charge in [-0.2, -0.15) is 0 Å². The van der Waals surface area contributed by atoms with Gasteiger partial charge in [0.05, 0.1) is 16.5 Å². The highest BCUT2D eigenvalue weighted by atomic mass is 32.2. The SMILES string of the molecule is O=C(Nc1ccccc1F)C1CCN(c2ccc(S(=O)(=O)Nc3nccs3)cc2)C1.[HH]. The highest BCUT2D eigenvalue weighted by Gasteiger charge is 2.29. The molecule has 1 atom stereocenters. The van der Waals surface area contributed by atoms with E-state index in [1.165, 1.54) is 41.8 Å². The fourth-order valence-electron chi connectivity index (χ4n) is 3.29. The zero-order valence-electron chi connectivity index (χ0n) is 15.8. The van der Waals surface area contributed by atoms with Gasteiger partial charge >= 0.3 is 0 Å². The Morgan fingerprint density at radius 1 is 1.20 bits per heavy atom. The van der Waals surface area contributed by atoms with E-state index in [4.69, 9.17) is 0 Å². The molecule has 2 N–H and O–H groups in total. The molecule has 30 heavy (non-hydrogen) atoms. The average Bonchev–Trinajstić information content (AvgIpc) is 3.42. The van der Waals surface area contributed by atoms with Crippen LogP contribution in [0.5, 0.6) is 0 Å². The number of rotatable bonds is 6. The number of nitrogens with one attached hydrogen (secondary N) is 2. The number of thiazole rings is 1. The minimum Gasteiger partial charge on any atom is -0.371 e. The number of sulfonamides is 1. The van der Waals surface area contributed by atoms with Crippen LogP contribution >= 0.6 is 11.3 Å². The maximum absolute atomic E-state index is 13.7. The molecule has 158 valence electrons. The summed E-state index contributed by atoms with van der Waals surface area (Å²) in [5.74, 6) is -0.974. The lowest BCUT2D eigenvalue weighted by Crippen LogP contribution is -2.27. The second-order valence-corrected chi connectivity index (χ2v) is 9.41. The van der Waals surface area contributed by atoms with Crippen LogP contribution in [0.4, 0.5) is 20.9 Å². The minimum atomic E-state index is -3.71. The number of aromatic nitrogens is 1. The molecule has 1 aliphatic heterocycles. The molecular weight excluding hydrogens is 427 g/mol. The summed E-state index contributed by atoms with van der Waals surface area (Å²) >= 11 is 1.20. The molecule has 0 aliphatic carbocycles. The van der Waals surface area contributed by atoms with Gasteiger partial charge in [0.15, 0.2) is 5.13 Å². The second-order valence-electron chi connectivity index (χ2n) is 6.84. The van der Waals surface area contributed by atoms with Crippen molar-refractivity contribution in [1.29, 1.82) is 0 Å². The van der Waals surface area contributed by atoms with Gasteiger partial charge in [-0.15, -0.1) is 11.3 Å². The molecule has 1 aliphatic rings. The van der Waals surface area contributed by atoms with Crippen molar-refractivity contribution in [2.75, 3.05) is 28.0 Å². The minimum absolute atomic E-state index is 0. The zero-order valence-corrected chi connectivity index (χ0v) is 17.4. The molecule has 1 fully saturated rings. The fourth-order valence-corrected chi connectivity index (χ4v) is 5.08. The van der Waals surface area contributed by atoms with Crippen molar-refractivity contribution < 1.29 is 19.0 Å². The van der Waals surface area contributed by atoms with Crippen LogP contribution in [0.25, 0.3) is 0 Å². The first-order valence-electron chi connectivity index (χ1n) is 9.25.